The first kappa shape index (κ1) is 18.5. The fraction of sp³-hybridized carbons (Fsp3) is 0.550. The molecular weight excluding hydrogens is 270 g/mol. The molecule has 0 aliphatic rings. The van der Waals surface area contributed by atoms with Crippen LogP contribution in [0.1, 0.15) is 70.8 Å². The molecule has 22 heavy (non-hydrogen) atoms. The lowest BCUT2D eigenvalue weighted by Crippen LogP contribution is -2.14. The Morgan fingerprint density at radius 3 is 2.27 bits per heavy atom. The lowest BCUT2D eigenvalue weighted by atomic mass is 9.93. The molecule has 1 aromatic carbocycles. The summed E-state index contributed by atoms with van der Waals surface area (Å²) in [5, 5.41) is 0. The minimum Gasteiger partial charge on any atom is -0.366 e. The number of unbranched alkanes of at least 4 members (excludes halogenated alkanes) is 5. The number of allylic oxidation sites excluding steroid dienone is 1. The minimum atomic E-state index is -0.326. The van der Waals surface area contributed by atoms with E-state index in [2.05, 4.69) is 19.9 Å². The summed E-state index contributed by atoms with van der Waals surface area (Å²) >= 11 is 0. The van der Waals surface area contributed by atoms with E-state index in [0.717, 1.165) is 18.4 Å². The normalized spacial score (nSPS) is 13.1. The van der Waals surface area contributed by atoms with Gasteiger partial charge in [0.2, 0.25) is 5.91 Å². The van der Waals surface area contributed by atoms with Gasteiger partial charge in [-0.25, -0.2) is 0 Å². The van der Waals surface area contributed by atoms with E-state index in [9.17, 15) is 4.79 Å². The molecule has 1 atom stereocenters. The average Bonchev–Trinajstić information content (AvgIpc) is 2.54. The summed E-state index contributed by atoms with van der Waals surface area (Å²) in [5.74, 6) is 0.112. The summed E-state index contributed by atoms with van der Waals surface area (Å²) in [4.78, 5) is 11.8. The van der Waals surface area contributed by atoms with Gasteiger partial charge >= 0.3 is 0 Å². The third-order valence-corrected chi connectivity index (χ3v) is 4.21. The molecule has 122 valence electrons. The fourth-order valence-corrected chi connectivity index (χ4v) is 2.77. The highest BCUT2D eigenvalue weighted by Gasteiger charge is 2.11. The van der Waals surface area contributed by atoms with Gasteiger partial charge in [0.05, 0.1) is 0 Å². The lowest BCUT2D eigenvalue weighted by Gasteiger charge is -2.13. The Morgan fingerprint density at radius 1 is 1.05 bits per heavy atom. The van der Waals surface area contributed by atoms with Gasteiger partial charge in [-0.1, -0.05) is 88.8 Å². The molecule has 0 saturated carbocycles. The zero-order valence-electron chi connectivity index (χ0n) is 14.2. The van der Waals surface area contributed by atoms with Gasteiger partial charge in [0.1, 0.15) is 0 Å². The Bertz CT molecular complexity index is 450. The number of amides is 1. The second-order valence-corrected chi connectivity index (χ2v) is 6.04. The molecule has 0 bridgehead atoms. The van der Waals surface area contributed by atoms with Crippen LogP contribution >= 0.6 is 0 Å². The van der Waals surface area contributed by atoms with Crippen molar-refractivity contribution in [2.45, 2.75) is 65.2 Å². The quantitative estimate of drug-likeness (QED) is 0.435. The highest BCUT2D eigenvalue weighted by atomic mass is 16.1. The number of primary amides is 1. The van der Waals surface area contributed by atoms with E-state index in [1.165, 1.54) is 38.5 Å². The number of rotatable bonds is 11. The molecule has 0 radical (unpaired) electrons. The number of hydrogen-bond donors (Lipinski definition) is 1. The van der Waals surface area contributed by atoms with Crippen molar-refractivity contribution in [3.8, 4) is 0 Å². The lowest BCUT2D eigenvalue weighted by molar-refractivity contribution is -0.112. The molecule has 0 heterocycles. The molecule has 0 saturated heterocycles. The molecule has 0 aliphatic heterocycles. The van der Waals surface area contributed by atoms with Crippen molar-refractivity contribution in [2.75, 3.05) is 0 Å². The number of benzene rings is 1. The summed E-state index contributed by atoms with van der Waals surface area (Å²) in [6, 6.07) is 9.75. The van der Waals surface area contributed by atoms with Gasteiger partial charge in [-0.15, -0.1) is 0 Å². The maximum absolute atomic E-state index is 11.8. The molecule has 0 spiro atoms. The Balaban J connectivity index is 2.58. The Morgan fingerprint density at radius 2 is 1.68 bits per heavy atom. The predicted octanol–water partition coefficient (Wildman–Crippen LogP) is 5.33. The van der Waals surface area contributed by atoms with Gasteiger partial charge in [0.15, 0.2) is 0 Å². The van der Waals surface area contributed by atoms with E-state index >= 15 is 0 Å². The highest BCUT2D eigenvalue weighted by Crippen LogP contribution is 2.22. The van der Waals surface area contributed by atoms with Crippen LogP contribution in [-0.4, -0.2) is 5.91 Å². The monoisotopic (exact) mass is 301 g/mol. The van der Waals surface area contributed by atoms with Gasteiger partial charge in [0.25, 0.3) is 0 Å². The van der Waals surface area contributed by atoms with Crippen LogP contribution in [0.15, 0.2) is 36.4 Å². The third kappa shape index (κ3) is 6.93. The largest absolute Gasteiger partial charge is 0.366 e. The molecule has 2 N–H and O–H groups in total. The van der Waals surface area contributed by atoms with Crippen molar-refractivity contribution < 1.29 is 4.79 Å². The van der Waals surface area contributed by atoms with Crippen molar-refractivity contribution in [3.05, 3.63) is 42.0 Å². The van der Waals surface area contributed by atoms with Gasteiger partial charge in [-0.05, 0) is 24.3 Å². The van der Waals surface area contributed by atoms with Crippen LogP contribution in [-0.2, 0) is 4.79 Å². The van der Waals surface area contributed by atoms with Gasteiger partial charge in [-0.3, -0.25) is 4.79 Å². The van der Waals surface area contributed by atoms with E-state index in [4.69, 9.17) is 5.73 Å². The van der Waals surface area contributed by atoms with Crippen LogP contribution in [0.4, 0.5) is 0 Å². The van der Waals surface area contributed by atoms with Crippen LogP contribution in [0.3, 0.4) is 0 Å². The zero-order chi connectivity index (χ0) is 16.2. The number of carbonyl (C=O) groups excluding carboxylic acids is 1. The van der Waals surface area contributed by atoms with E-state index < -0.39 is 0 Å². The summed E-state index contributed by atoms with van der Waals surface area (Å²) < 4.78 is 0. The smallest absolute Gasteiger partial charge is 0.248 e. The molecule has 2 nitrogen and oxygen atoms in total. The van der Waals surface area contributed by atoms with E-state index in [0.29, 0.717) is 11.5 Å². The number of carbonyl (C=O) groups is 1. The third-order valence-electron chi connectivity index (χ3n) is 4.21. The highest BCUT2D eigenvalue weighted by molar-refractivity contribution is 6.18. The van der Waals surface area contributed by atoms with Crippen molar-refractivity contribution in [3.63, 3.8) is 0 Å². The SMILES string of the molecule is CCCCCCCCC(C=C(C(N)=O)c1ccccc1)CC. The van der Waals surface area contributed by atoms with Crippen LogP contribution in [0.25, 0.3) is 5.57 Å². The molecule has 1 aromatic rings. The van der Waals surface area contributed by atoms with Crippen molar-refractivity contribution in [1.82, 2.24) is 0 Å². The molecule has 0 fully saturated rings. The first-order chi connectivity index (χ1) is 10.7. The van der Waals surface area contributed by atoms with Gasteiger partial charge < -0.3 is 5.73 Å². The molecule has 1 amide bonds. The van der Waals surface area contributed by atoms with Crippen molar-refractivity contribution in [1.29, 1.82) is 0 Å². The average molecular weight is 301 g/mol. The first-order valence-corrected chi connectivity index (χ1v) is 8.76. The Hall–Kier alpha value is -1.57. The fourth-order valence-electron chi connectivity index (χ4n) is 2.77. The second-order valence-electron chi connectivity index (χ2n) is 6.04. The number of nitrogens with two attached hydrogens (primary N) is 1. The summed E-state index contributed by atoms with van der Waals surface area (Å²) in [7, 11) is 0. The molecule has 1 rings (SSSR count). The second kappa shape index (κ2) is 11.1. The Kier molecular flexibility index (Phi) is 9.29. The first-order valence-electron chi connectivity index (χ1n) is 8.76. The maximum atomic E-state index is 11.8. The summed E-state index contributed by atoms with van der Waals surface area (Å²) in [5.41, 5.74) is 7.17. The van der Waals surface area contributed by atoms with Gasteiger partial charge in [0, 0.05) is 5.57 Å². The van der Waals surface area contributed by atoms with Gasteiger partial charge in [-0.2, -0.15) is 0 Å². The summed E-state index contributed by atoms with van der Waals surface area (Å²) in [6.45, 7) is 4.43. The van der Waals surface area contributed by atoms with Crippen LogP contribution in [0.2, 0.25) is 0 Å². The standard InChI is InChI=1S/C20H31NO/c1-3-5-6-7-8-10-13-17(4-2)16-19(20(21)22)18-14-11-9-12-15-18/h9,11-12,14-17H,3-8,10,13H2,1-2H3,(H2,21,22). The zero-order valence-corrected chi connectivity index (χ0v) is 14.2. The van der Waals surface area contributed by atoms with Crippen molar-refractivity contribution >= 4 is 11.5 Å². The summed E-state index contributed by atoms with van der Waals surface area (Å²) in [6.07, 6.45) is 12.1. The van der Waals surface area contributed by atoms with Crippen LogP contribution in [0.5, 0.6) is 0 Å². The Labute approximate surface area is 135 Å². The molecule has 0 aromatic heterocycles. The minimum absolute atomic E-state index is 0.326. The van der Waals surface area contributed by atoms with E-state index in [1.54, 1.807) is 0 Å². The number of hydrogen-bond acceptors (Lipinski definition) is 1. The van der Waals surface area contributed by atoms with Crippen LogP contribution in [0, 0.1) is 5.92 Å². The van der Waals surface area contributed by atoms with Crippen LogP contribution < -0.4 is 5.73 Å². The molecular formula is C20H31NO. The van der Waals surface area contributed by atoms with E-state index in [1.807, 2.05) is 30.3 Å². The molecule has 1 unspecified atom stereocenters. The maximum Gasteiger partial charge on any atom is 0.248 e. The predicted molar refractivity (Wildman–Crippen MR) is 95.4 cm³/mol. The van der Waals surface area contributed by atoms with E-state index in [-0.39, 0.29) is 5.91 Å². The molecule has 0 aliphatic carbocycles. The molecule has 2 heteroatoms. The van der Waals surface area contributed by atoms with Crippen molar-refractivity contribution in [2.24, 2.45) is 11.7 Å². The topological polar surface area (TPSA) is 43.1 Å².